The summed E-state index contributed by atoms with van der Waals surface area (Å²) in [4.78, 5) is 21.7. The average molecular weight is 188 g/mol. The van der Waals surface area contributed by atoms with Crippen LogP contribution < -0.4 is 5.56 Å². The summed E-state index contributed by atoms with van der Waals surface area (Å²) < 4.78 is 1.65. The molecule has 0 aliphatic heterocycles. The van der Waals surface area contributed by atoms with Gasteiger partial charge in [-0.3, -0.25) is 9.36 Å². The first-order valence-electron chi connectivity index (χ1n) is 4.02. The van der Waals surface area contributed by atoms with Crippen LogP contribution >= 0.6 is 0 Å². The van der Waals surface area contributed by atoms with Crippen LogP contribution in [0, 0.1) is 0 Å². The standard InChI is InChI=1S/C9H8N4O/c1-2-3-4-13-6-12-9(14)7-8(13)11-5-10-7/h2-6H,1H2,(H,10,11). The van der Waals surface area contributed by atoms with Gasteiger partial charge in [-0.25, -0.2) is 4.98 Å². The molecular formula is C9H8N4O. The minimum atomic E-state index is -0.305. The van der Waals surface area contributed by atoms with Crippen molar-refractivity contribution < 1.29 is 0 Å². The van der Waals surface area contributed by atoms with Gasteiger partial charge in [0.2, 0.25) is 0 Å². The summed E-state index contributed by atoms with van der Waals surface area (Å²) in [5.74, 6) is 0. The van der Waals surface area contributed by atoms with Gasteiger partial charge in [0.1, 0.15) is 6.33 Å². The van der Waals surface area contributed by atoms with Gasteiger partial charge in [-0.05, 0) is 6.08 Å². The maximum absolute atomic E-state index is 11.2. The molecule has 14 heavy (non-hydrogen) atoms. The molecule has 0 atom stereocenters. The molecule has 0 aliphatic rings. The first kappa shape index (κ1) is 8.43. The predicted molar refractivity (Wildman–Crippen MR) is 53.7 cm³/mol. The number of aromatic nitrogens is 4. The van der Waals surface area contributed by atoms with Crippen molar-refractivity contribution in [3.63, 3.8) is 0 Å². The third-order valence-corrected chi connectivity index (χ3v) is 1.76. The minimum absolute atomic E-state index is 0.305. The quantitative estimate of drug-likeness (QED) is 0.708. The van der Waals surface area contributed by atoms with Gasteiger partial charge in [0.15, 0.2) is 11.2 Å². The maximum Gasteiger partial charge on any atom is 0.298 e. The van der Waals surface area contributed by atoms with Gasteiger partial charge < -0.3 is 4.98 Å². The Labute approximate surface area is 79.4 Å². The SMILES string of the molecule is C=CC=Cn1cnc(=O)c2[nH]cnc21. The van der Waals surface area contributed by atoms with Crippen LogP contribution in [-0.2, 0) is 0 Å². The fourth-order valence-corrected chi connectivity index (χ4v) is 1.14. The summed E-state index contributed by atoms with van der Waals surface area (Å²) in [7, 11) is 0. The maximum atomic E-state index is 11.2. The Morgan fingerprint density at radius 2 is 2.36 bits per heavy atom. The van der Waals surface area contributed by atoms with Gasteiger partial charge >= 0.3 is 0 Å². The van der Waals surface area contributed by atoms with Crippen molar-refractivity contribution in [2.45, 2.75) is 0 Å². The molecule has 0 amide bonds. The van der Waals surface area contributed by atoms with Crippen molar-refractivity contribution in [1.82, 2.24) is 19.5 Å². The number of allylic oxidation sites excluding steroid dienone is 2. The van der Waals surface area contributed by atoms with Crippen LogP contribution in [0.5, 0.6) is 0 Å². The molecular weight excluding hydrogens is 180 g/mol. The Kier molecular flexibility index (Phi) is 1.98. The second kappa shape index (κ2) is 3.29. The summed E-state index contributed by atoms with van der Waals surface area (Å²) in [5.41, 5.74) is 0.657. The van der Waals surface area contributed by atoms with Gasteiger partial charge in [-0.1, -0.05) is 12.7 Å². The Balaban J connectivity index is 2.72. The van der Waals surface area contributed by atoms with Crippen LogP contribution in [0.2, 0.25) is 0 Å². The fraction of sp³-hybridized carbons (Fsp3) is 0. The molecule has 2 rings (SSSR count). The van der Waals surface area contributed by atoms with Crippen molar-refractivity contribution in [3.05, 3.63) is 41.7 Å². The van der Waals surface area contributed by atoms with Crippen molar-refractivity contribution >= 4 is 17.4 Å². The summed E-state index contributed by atoms with van der Waals surface area (Å²) in [6, 6.07) is 0. The lowest BCUT2D eigenvalue weighted by Gasteiger charge is -1.97. The number of imidazole rings is 1. The second-order valence-corrected chi connectivity index (χ2v) is 2.64. The van der Waals surface area contributed by atoms with Gasteiger partial charge in [0.25, 0.3) is 5.56 Å². The van der Waals surface area contributed by atoms with Crippen LogP contribution in [0.3, 0.4) is 0 Å². The summed E-state index contributed by atoms with van der Waals surface area (Å²) in [6.07, 6.45) is 7.98. The molecule has 0 saturated carbocycles. The van der Waals surface area contributed by atoms with Crippen molar-refractivity contribution in [2.75, 3.05) is 0 Å². The minimum Gasteiger partial charge on any atom is -0.339 e. The van der Waals surface area contributed by atoms with E-state index >= 15 is 0 Å². The van der Waals surface area contributed by atoms with E-state index in [4.69, 9.17) is 0 Å². The number of hydrogen-bond acceptors (Lipinski definition) is 3. The van der Waals surface area contributed by atoms with E-state index in [1.165, 1.54) is 12.7 Å². The number of nitrogens with one attached hydrogen (secondary N) is 1. The molecule has 2 aromatic rings. The first-order valence-corrected chi connectivity index (χ1v) is 4.02. The zero-order chi connectivity index (χ0) is 9.97. The lowest BCUT2D eigenvalue weighted by Crippen LogP contribution is -2.09. The first-order chi connectivity index (χ1) is 6.83. The molecule has 0 saturated heterocycles. The van der Waals surface area contributed by atoms with Gasteiger partial charge in [0, 0.05) is 6.20 Å². The van der Waals surface area contributed by atoms with Gasteiger partial charge in [0.05, 0.1) is 6.33 Å². The molecule has 2 aromatic heterocycles. The molecule has 0 aromatic carbocycles. The molecule has 5 nitrogen and oxygen atoms in total. The average Bonchev–Trinajstić information content (AvgIpc) is 2.66. The van der Waals surface area contributed by atoms with E-state index in [2.05, 4.69) is 21.5 Å². The fourth-order valence-electron chi connectivity index (χ4n) is 1.14. The number of H-pyrrole nitrogens is 1. The predicted octanol–water partition coefficient (Wildman–Crippen LogP) is 0.776. The highest BCUT2D eigenvalue weighted by Crippen LogP contribution is 2.02. The van der Waals surface area contributed by atoms with Crippen molar-refractivity contribution in [3.8, 4) is 0 Å². The third-order valence-electron chi connectivity index (χ3n) is 1.76. The van der Waals surface area contributed by atoms with E-state index in [-0.39, 0.29) is 5.56 Å². The molecule has 1 N–H and O–H groups in total. The summed E-state index contributed by atoms with van der Waals surface area (Å²) in [6.45, 7) is 3.55. The highest BCUT2D eigenvalue weighted by Gasteiger charge is 2.03. The summed E-state index contributed by atoms with van der Waals surface area (Å²) >= 11 is 0. The normalized spacial score (nSPS) is 11.1. The number of aromatic amines is 1. The van der Waals surface area contributed by atoms with E-state index in [1.807, 2.05) is 0 Å². The highest BCUT2D eigenvalue weighted by atomic mass is 16.1. The Hall–Kier alpha value is -2.17. The van der Waals surface area contributed by atoms with E-state index in [0.29, 0.717) is 11.2 Å². The zero-order valence-corrected chi connectivity index (χ0v) is 7.34. The molecule has 0 bridgehead atoms. The number of rotatable bonds is 2. The Bertz CT molecular complexity index is 549. The topological polar surface area (TPSA) is 63.6 Å². The molecule has 0 aliphatic carbocycles. The third kappa shape index (κ3) is 1.24. The Morgan fingerprint density at radius 1 is 1.50 bits per heavy atom. The van der Waals surface area contributed by atoms with Crippen LogP contribution in [-0.4, -0.2) is 19.5 Å². The zero-order valence-electron chi connectivity index (χ0n) is 7.34. The molecule has 0 radical (unpaired) electrons. The van der Waals surface area contributed by atoms with Gasteiger partial charge in [-0.15, -0.1) is 0 Å². The molecule has 0 spiro atoms. The summed E-state index contributed by atoms with van der Waals surface area (Å²) in [5, 5.41) is 0. The smallest absolute Gasteiger partial charge is 0.298 e. The lowest BCUT2D eigenvalue weighted by atomic mass is 10.5. The number of nitrogens with zero attached hydrogens (tertiary/aromatic N) is 3. The molecule has 0 unspecified atom stereocenters. The Morgan fingerprint density at radius 3 is 3.14 bits per heavy atom. The van der Waals surface area contributed by atoms with E-state index in [0.717, 1.165) is 0 Å². The number of fused-ring (bicyclic) bond motifs is 1. The number of hydrogen-bond donors (Lipinski definition) is 1. The van der Waals surface area contributed by atoms with Crippen LogP contribution in [0.4, 0.5) is 0 Å². The monoisotopic (exact) mass is 188 g/mol. The lowest BCUT2D eigenvalue weighted by molar-refractivity contribution is 1.05. The largest absolute Gasteiger partial charge is 0.339 e. The molecule has 0 fully saturated rings. The van der Waals surface area contributed by atoms with Crippen molar-refractivity contribution in [2.24, 2.45) is 0 Å². The molecule has 2 heterocycles. The van der Waals surface area contributed by atoms with Crippen LogP contribution in [0.1, 0.15) is 0 Å². The van der Waals surface area contributed by atoms with Crippen molar-refractivity contribution in [1.29, 1.82) is 0 Å². The van der Waals surface area contributed by atoms with E-state index < -0.39 is 0 Å². The van der Waals surface area contributed by atoms with E-state index in [9.17, 15) is 4.79 Å². The van der Waals surface area contributed by atoms with Crippen LogP contribution in [0.25, 0.3) is 17.4 Å². The van der Waals surface area contributed by atoms with E-state index in [1.54, 1.807) is 22.9 Å². The molecule has 5 heteroatoms. The molecule has 70 valence electrons. The van der Waals surface area contributed by atoms with Crippen LogP contribution in [0.15, 0.2) is 36.2 Å². The van der Waals surface area contributed by atoms with Gasteiger partial charge in [-0.2, -0.15) is 4.98 Å². The second-order valence-electron chi connectivity index (χ2n) is 2.64. The highest BCUT2D eigenvalue weighted by molar-refractivity contribution is 5.70.